The molecule has 0 bridgehead atoms. The van der Waals surface area contributed by atoms with Crippen molar-refractivity contribution in [1.82, 2.24) is 4.90 Å². The summed E-state index contributed by atoms with van der Waals surface area (Å²) in [5.41, 5.74) is 5.73. The molecule has 92 valence electrons. The van der Waals surface area contributed by atoms with Crippen LogP contribution in [0.2, 0.25) is 0 Å². The van der Waals surface area contributed by atoms with E-state index in [1.807, 2.05) is 18.7 Å². The number of nitrogens with zero attached hydrogens (tertiary/aromatic N) is 1. The molecule has 1 amide bonds. The number of carbonyl (C=O) groups is 1. The fourth-order valence-electron chi connectivity index (χ4n) is 2.62. The van der Waals surface area contributed by atoms with Crippen molar-refractivity contribution in [3.63, 3.8) is 0 Å². The summed E-state index contributed by atoms with van der Waals surface area (Å²) in [6.07, 6.45) is 2.62. The van der Waals surface area contributed by atoms with Gasteiger partial charge in [0.05, 0.1) is 6.61 Å². The normalized spacial score (nSPS) is 30.3. The number of nitrogens with two attached hydrogens (primary N) is 1. The van der Waals surface area contributed by atoms with Gasteiger partial charge in [-0.1, -0.05) is 0 Å². The van der Waals surface area contributed by atoms with Crippen molar-refractivity contribution in [2.45, 2.75) is 38.6 Å². The standard InChI is InChI=1S/C12H22N2O2/c1-11(2,13)7-10(15)14-5-3-12(8-14)4-6-16-9-12/h3-9,13H2,1-2H3. The third-order valence-electron chi connectivity index (χ3n) is 3.58. The zero-order chi connectivity index (χ0) is 11.8. The molecule has 0 aromatic heterocycles. The number of hydrogen-bond acceptors (Lipinski definition) is 3. The molecule has 0 aromatic rings. The van der Waals surface area contributed by atoms with Crippen LogP contribution in [0.5, 0.6) is 0 Å². The number of likely N-dealkylation sites (tertiary alicyclic amines) is 1. The van der Waals surface area contributed by atoms with Crippen molar-refractivity contribution in [2.24, 2.45) is 11.1 Å². The first-order valence-corrected chi connectivity index (χ1v) is 6.05. The summed E-state index contributed by atoms with van der Waals surface area (Å²) in [7, 11) is 0. The molecule has 4 heteroatoms. The van der Waals surface area contributed by atoms with Gasteiger partial charge in [0.2, 0.25) is 5.91 Å². The van der Waals surface area contributed by atoms with Gasteiger partial charge in [0.1, 0.15) is 0 Å². The molecule has 2 heterocycles. The molecule has 2 aliphatic rings. The molecule has 0 aromatic carbocycles. The second-order valence-corrected chi connectivity index (χ2v) is 6.03. The zero-order valence-corrected chi connectivity index (χ0v) is 10.3. The van der Waals surface area contributed by atoms with Crippen molar-refractivity contribution in [3.05, 3.63) is 0 Å². The Balaban J connectivity index is 1.91. The summed E-state index contributed by atoms with van der Waals surface area (Å²) in [5.74, 6) is 0.191. The van der Waals surface area contributed by atoms with Crippen molar-refractivity contribution >= 4 is 5.91 Å². The van der Waals surface area contributed by atoms with Crippen LogP contribution in [0.1, 0.15) is 33.1 Å². The second kappa shape index (κ2) is 4.00. The summed E-state index contributed by atoms with van der Waals surface area (Å²) in [4.78, 5) is 14.0. The molecule has 0 saturated carbocycles. The van der Waals surface area contributed by atoms with E-state index in [2.05, 4.69) is 0 Å². The lowest BCUT2D eigenvalue weighted by atomic mass is 9.87. The van der Waals surface area contributed by atoms with Crippen LogP contribution in [0.3, 0.4) is 0 Å². The number of ether oxygens (including phenoxy) is 1. The van der Waals surface area contributed by atoms with Crippen LogP contribution in [0.25, 0.3) is 0 Å². The Morgan fingerprint density at radius 2 is 2.25 bits per heavy atom. The zero-order valence-electron chi connectivity index (χ0n) is 10.3. The molecule has 1 atom stereocenters. The SMILES string of the molecule is CC(C)(N)CC(=O)N1CCC2(CCOC2)C1. The highest BCUT2D eigenvalue weighted by Gasteiger charge is 2.42. The van der Waals surface area contributed by atoms with E-state index in [-0.39, 0.29) is 11.3 Å². The number of amides is 1. The molecule has 0 radical (unpaired) electrons. The number of carbonyl (C=O) groups excluding carboxylic acids is 1. The summed E-state index contributed by atoms with van der Waals surface area (Å²) >= 11 is 0. The van der Waals surface area contributed by atoms with E-state index < -0.39 is 5.54 Å². The molecule has 16 heavy (non-hydrogen) atoms. The van der Waals surface area contributed by atoms with E-state index in [4.69, 9.17) is 10.5 Å². The van der Waals surface area contributed by atoms with Crippen LogP contribution in [0.15, 0.2) is 0 Å². The first-order chi connectivity index (χ1) is 7.40. The molecule has 1 unspecified atom stereocenters. The van der Waals surface area contributed by atoms with Gasteiger partial charge in [0, 0.05) is 37.1 Å². The predicted molar refractivity (Wildman–Crippen MR) is 61.9 cm³/mol. The van der Waals surface area contributed by atoms with Crippen molar-refractivity contribution in [3.8, 4) is 0 Å². The Kier molecular flexibility index (Phi) is 2.97. The molecular formula is C12H22N2O2. The number of hydrogen-bond donors (Lipinski definition) is 1. The summed E-state index contributed by atoms with van der Waals surface area (Å²) in [6.45, 7) is 7.21. The van der Waals surface area contributed by atoms with Crippen molar-refractivity contribution < 1.29 is 9.53 Å². The topological polar surface area (TPSA) is 55.6 Å². The van der Waals surface area contributed by atoms with Gasteiger partial charge in [-0.2, -0.15) is 0 Å². The lowest BCUT2D eigenvalue weighted by Crippen LogP contribution is -2.41. The van der Waals surface area contributed by atoms with Gasteiger partial charge in [-0.3, -0.25) is 4.79 Å². The van der Waals surface area contributed by atoms with Gasteiger partial charge in [-0.25, -0.2) is 0 Å². The Bertz CT molecular complexity index is 277. The summed E-state index contributed by atoms with van der Waals surface area (Å²) in [6, 6.07) is 0. The largest absolute Gasteiger partial charge is 0.381 e. The fourth-order valence-corrected chi connectivity index (χ4v) is 2.62. The molecule has 2 N–H and O–H groups in total. The Morgan fingerprint density at radius 1 is 1.50 bits per heavy atom. The van der Waals surface area contributed by atoms with Crippen LogP contribution < -0.4 is 5.73 Å². The Hall–Kier alpha value is -0.610. The molecule has 2 saturated heterocycles. The van der Waals surface area contributed by atoms with Gasteiger partial charge in [0.15, 0.2) is 0 Å². The van der Waals surface area contributed by atoms with Crippen LogP contribution in [0.4, 0.5) is 0 Å². The Morgan fingerprint density at radius 3 is 2.81 bits per heavy atom. The third kappa shape index (κ3) is 2.55. The first kappa shape index (κ1) is 11.9. The van der Waals surface area contributed by atoms with Gasteiger partial charge >= 0.3 is 0 Å². The highest BCUT2D eigenvalue weighted by Crippen LogP contribution is 2.38. The van der Waals surface area contributed by atoms with Crippen LogP contribution >= 0.6 is 0 Å². The van der Waals surface area contributed by atoms with Crippen LogP contribution in [0, 0.1) is 5.41 Å². The summed E-state index contributed by atoms with van der Waals surface area (Å²) < 4.78 is 5.45. The molecule has 1 spiro atoms. The fraction of sp³-hybridized carbons (Fsp3) is 0.917. The maximum atomic E-state index is 12.0. The first-order valence-electron chi connectivity index (χ1n) is 6.05. The molecular weight excluding hydrogens is 204 g/mol. The van der Waals surface area contributed by atoms with Gasteiger partial charge in [-0.15, -0.1) is 0 Å². The lowest BCUT2D eigenvalue weighted by molar-refractivity contribution is -0.131. The average molecular weight is 226 g/mol. The lowest BCUT2D eigenvalue weighted by Gasteiger charge is -2.25. The van der Waals surface area contributed by atoms with E-state index in [1.54, 1.807) is 0 Å². The second-order valence-electron chi connectivity index (χ2n) is 6.03. The number of rotatable bonds is 2. The maximum absolute atomic E-state index is 12.0. The smallest absolute Gasteiger partial charge is 0.224 e. The minimum absolute atomic E-state index is 0.191. The highest BCUT2D eigenvalue weighted by molar-refractivity contribution is 5.77. The molecule has 2 aliphatic heterocycles. The van der Waals surface area contributed by atoms with E-state index in [0.717, 1.165) is 39.1 Å². The maximum Gasteiger partial charge on any atom is 0.224 e. The quantitative estimate of drug-likeness (QED) is 0.756. The predicted octanol–water partition coefficient (Wildman–Crippen LogP) is 0.753. The van der Waals surface area contributed by atoms with Crippen molar-refractivity contribution in [2.75, 3.05) is 26.3 Å². The van der Waals surface area contributed by atoms with Crippen LogP contribution in [-0.4, -0.2) is 42.6 Å². The molecule has 2 rings (SSSR count). The molecule has 2 fully saturated rings. The minimum Gasteiger partial charge on any atom is -0.381 e. The monoisotopic (exact) mass is 226 g/mol. The average Bonchev–Trinajstić information content (AvgIpc) is 2.74. The van der Waals surface area contributed by atoms with Gasteiger partial charge < -0.3 is 15.4 Å². The van der Waals surface area contributed by atoms with Crippen molar-refractivity contribution in [1.29, 1.82) is 0 Å². The summed E-state index contributed by atoms with van der Waals surface area (Å²) in [5, 5.41) is 0. The van der Waals surface area contributed by atoms with E-state index in [0.29, 0.717) is 6.42 Å². The molecule has 4 nitrogen and oxygen atoms in total. The third-order valence-corrected chi connectivity index (χ3v) is 3.58. The highest BCUT2D eigenvalue weighted by atomic mass is 16.5. The van der Waals surface area contributed by atoms with Gasteiger partial charge in [0.25, 0.3) is 0 Å². The van der Waals surface area contributed by atoms with Crippen LogP contribution in [-0.2, 0) is 9.53 Å². The van der Waals surface area contributed by atoms with E-state index in [1.165, 1.54) is 0 Å². The molecule has 0 aliphatic carbocycles. The van der Waals surface area contributed by atoms with Gasteiger partial charge in [-0.05, 0) is 26.7 Å². The van der Waals surface area contributed by atoms with E-state index in [9.17, 15) is 4.79 Å². The Labute approximate surface area is 97.1 Å². The minimum atomic E-state index is -0.404. The van der Waals surface area contributed by atoms with E-state index >= 15 is 0 Å².